The third-order valence-electron chi connectivity index (χ3n) is 1.37. The van der Waals surface area contributed by atoms with Gasteiger partial charge >= 0.3 is 0 Å². The Labute approximate surface area is 80.1 Å². The minimum absolute atomic E-state index is 0.834. The maximum absolute atomic E-state index is 4.25. The molecule has 2 aromatic heterocycles. The first kappa shape index (κ1) is 7.34. The minimum Gasteiger partial charge on any atom is -0.361 e. The zero-order valence-electron chi connectivity index (χ0n) is 5.70. The molecular formula is C6H3Al2N3. The molecule has 2 heterocycles. The first-order valence-corrected chi connectivity index (χ1v) is 4.28. The van der Waals surface area contributed by atoms with Gasteiger partial charge < -0.3 is 4.98 Å². The summed E-state index contributed by atoms with van der Waals surface area (Å²) in [6, 6.07) is 1.94. The van der Waals surface area contributed by atoms with Crippen molar-refractivity contribution < 1.29 is 0 Å². The van der Waals surface area contributed by atoms with E-state index in [9.17, 15) is 0 Å². The summed E-state index contributed by atoms with van der Waals surface area (Å²) in [6.07, 6.45) is 1.72. The maximum atomic E-state index is 4.25. The summed E-state index contributed by atoms with van der Waals surface area (Å²) in [7, 11) is 0. The van der Waals surface area contributed by atoms with Crippen molar-refractivity contribution in [3.63, 3.8) is 0 Å². The van der Waals surface area contributed by atoms with E-state index in [4.69, 9.17) is 0 Å². The van der Waals surface area contributed by atoms with Crippen molar-refractivity contribution >= 4 is 52.9 Å². The average molecular weight is 171 g/mol. The second-order valence-corrected chi connectivity index (χ2v) is 3.47. The highest BCUT2D eigenvalue weighted by molar-refractivity contribution is 6.32. The van der Waals surface area contributed by atoms with Gasteiger partial charge in [0.15, 0.2) is 5.65 Å². The fraction of sp³-hybridized carbons (Fsp3) is 0. The van der Waals surface area contributed by atoms with Gasteiger partial charge in [-0.3, -0.25) is 4.98 Å². The summed E-state index contributed by atoms with van der Waals surface area (Å²) in [6.45, 7) is 0. The van der Waals surface area contributed by atoms with Gasteiger partial charge in [0.1, 0.15) is 5.52 Å². The van der Waals surface area contributed by atoms with Crippen molar-refractivity contribution in [2.24, 2.45) is 0 Å². The summed E-state index contributed by atoms with van der Waals surface area (Å²) in [5, 5.41) is 0. The third-order valence-corrected chi connectivity index (χ3v) is 1.96. The molecule has 1 N–H and O–H groups in total. The number of H-pyrrole nitrogens is 1. The van der Waals surface area contributed by atoms with Gasteiger partial charge in [0.2, 0.25) is 32.6 Å². The van der Waals surface area contributed by atoms with Gasteiger partial charge in [-0.25, -0.2) is 4.98 Å². The van der Waals surface area contributed by atoms with Crippen molar-refractivity contribution in [2.45, 2.75) is 0 Å². The molecule has 0 saturated heterocycles. The van der Waals surface area contributed by atoms with E-state index in [2.05, 4.69) is 47.5 Å². The highest BCUT2D eigenvalue weighted by atomic mass is 27.1. The molecule has 0 amide bonds. The normalized spacial score (nSPS) is 10.5. The largest absolute Gasteiger partial charge is 0.361 e. The van der Waals surface area contributed by atoms with Crippen LogP contribution in [0.1, 0.15) is 0 Å². The summed E-state index contributed by atoms with van der Waals surface area (Å²) < 4.78 is 1.87. The number of rotatable bonds is 0. The molecular weight excluding hydrogens is 168 g/mol. The molecule has 2 aromatic rings. The third kappa shape index (κ3) is 1.34. The highest BCUT2D eigenvalue weighted by Crippen LogP contribution is 1.98. The van der Waals surface area contributed by atoms with E-state index in [-0.39, 0.29) is 0 Å². The summed E-state index contributed by atoms with van der Waals surface area (Å²) in [4.78, 5) is 11.5. The fourth-order valence-electron chi connectivity index (χ4n) is 0.935. The quantitative estimate of drug-likeness (QED) is 0.492. The topological polar surface area (TPSA) is 41.6 Å². The first-order chi connectivity index (χ1) is 5.25. The van der Waals surface area contributed by atoms with Crippen LogP contribution in [0.5, 0.6) is 0 Å². The summed E-state index contributed by atoms with van der Waals surface area (Å²) in [5.41, 5.74) is 1.74. The van der Waals surface area contributed by atoms with Crippen LogP contribution in [0.2, 0.25) is 0 Å². The molecule has 0 aromatic carbocycles. The molecule has 48 valence electrons. The van der Waals surface area contributed by atoms with Crippen LogP contribution in [0.3, 0.4) is 0 Å². The molecule has 0 aliphatic carbocycles. The first-order valence-electron chi connectivity index (χ1n) is 3.12. The van der Waals surface area contributed by atoms with Crippen LogP contribution < -0.4 is 9.11 Å². The van der Waals surface area contributed by atoms with E-state index in [1.165, 1.54) is 0 Å². The SMILES string of the molecule is [Al][c]1cnc2[nH][c]([Al])cc2n1. The van der Waals surface area contributed by atoms with Crippen LogP contribution in [0.15, 0.2) is 12.3 Å². The van der Waals surface area contributed by atoms with Crippen molar-refractivity contribution in [1.29, 1.82) is 0 Å². The van der Waals surface area contributed by atoms with Crippen LogP contribution in [0, 0.1) is 0 Å². The monoisotopic (exact) mass is 171 g/mol. The summed E-state index contributed by atoms with van der Waals surface area (Å²) in [5.74, 6) is 0. The van der Waals surface area contributed by atoms with Crippen molar-refractivity contribution in [3.05, 3.63) is 12.3 Å². The van der Waals surface area contributed by atoms with Crippen LogP contribution in [-0.4, -0.2) is 47.5 Å². The second-order valence-electron chi connectivity index (χ2n) is 2.25. The Balaban J connectivity index is 2.82. The Morgan fingerprint density at radius 1 is 1.36 bits per heavy atom. The Kier molecular flexibility index (Phi) is 1.75. The lowest BCUT2D eigenvalue weighted by Gasteiger charge is -1.90. The van der Waals surface area contributed by atoms with Gasteiger partial charge in [0, 0.05) is 6.20 Å². The molecule has 4 radical (unpaired) electrons. The second kappa shape index (κ2) is 2.62. The molecule has 3 nitrogen and oxygen atoms in total. The molecule has 0 aliphatic heterocycles. The molecule has 0 saturated carbocycles. The fourth-order valence-corrected chi connectivity index (χ4v) is 1.44. The number of hydrogen-bond acceptors (Lipinski definition) is 2. The van der Waals surface area contributed by atoms with Gasteiger partial charge in [0.05, 0.1) is 0 Å². The van der Waals surface area contributed by atoms with Crippen molar-refractivity contribution in [2.75, 3.05) is 0 Å². The molecule has 0 bridgehead atoms. The summed E-state index contributed by atoms with van der Waals surface area (Å²) >= 11 is 5.09. The van der Waals surface area contributed by atoms with Gasteiger partial charge in [-0.05, 0) is 10.6 Å². The molecule has 2 rings (SSSR count). The minimum atomic E-state index is 0.834. The van der Waals surface area contributed by atoms with Gasteiger partial charge in [-0.1, -0.05) is 4.56 Å². The lowest BCUT2D eigenvalue weighted by Crippen LogP contribution is -2.07. The zero-order chi connectivity index (χ0) is 7.84. The van der Waals surface area contributed by atoms with Crippen molar-refractivity contribution in [3.8, 4) is 0 Å². The Hall–Kier alpha value is -0.315. The van der Waals surface area contributed by atoms with E-state index >= 15 is 0 Å². The predicted molar refractivity (Wildman–Crippen MR) is 44.7 cm³/mol. The smallest absolute Gasteiger partial charge is 0.212 e. The molecule has 0 atom stereocenters. The van der Waals surface area contributed by atoms with Gasteiger partial charge in [-0.2, -0.15) is 0 Å². The lowest BCUT2D eigenvalue weighted by molar-refractivity contribution is 1.30. The van der Waals surface area contributed by atoms with E-state index in [1.807, 2.05) is 6.07 Å². The molecule has 5 heteroatoms. The predicted octanol–water partition coefficient (Wildman–Crippen LogP) is -1.45. The Bertz CT molecular complexity index is 396. The van der Waals surface area contributed by atoms with Crippen molar-refractivity contribution in [1.82, 2.24) is 15.0 Å². The average Bonchev–Trinajstić information content (AvgIpc) is 2.27. The lowest BCUT2D eigenvalue weighted by atomic mass is 10.5. The molecule has 0 unspecified atom stereocenters. The van der Waals surface area contributed by atoms with E-state index in [1.54, 1.807) is 6.20 Å². The number of nitrogens with zero attached hydrogens (tertiary/aromatic N) is 2. The number of hydrogen-bond donors (Lipinski definition) is 1. The molecule has 0 spiro atoms. The van der Waals surface area contributed by atoms with E-state index in [0.717, 1.165) is 20.3 Å². The standard InChI is InChI=1S/C6H3N3.2Al/c1-2-8-6-5(1)7-3-4-9-6;;/h1,4H,(H,8,9);;. The van der Waals surface area contributed by atoms with Crippen LogP contribution in [0.25, 0.3) is 11.2 Å². The number of fused-ring (bicyclic) bond motifs is 1. The van der Waals surface area contributed by atoms with Gasteiger partial charge in [-0.15, -0.1) is 0 Å². The number of aromatic nitrogens is 3. The highest BCUT2D eigenvalue weighted by Gasteiger charge is 1.97. The number of aromatic amines is 1. The van der Waals surface area contributed by atoms with Crippen LogP contribution in [-0.2, 0) is 0 Å². The van der Waals surface area contributed by atoms with E-state index < -0.39 is 0 Å². The zero-order valence-corrected chi connectivity index (χ0v) is 8.01. The van der Waals surface area contributed by atoms with Gasteiger partial charge in [0.25, 0.3) is 0 Å². The molecule has 0 aliphatic rings. The van der Waals surface area contributed by atoms with Crippen LogP contribution >= 0.6 is 0 Å². The molecule has 11 heavy (non-hydrogen) atoms. The van der Waals surface area contributed by atoms with E-state index in [0.29, 0.717) is 0 Å². The Morgan fingerprint density at radius 2 is 2.18 bits per heavy atom. The maximum Gasteiger partial charge on any atom is 0.212 e. The molecule has 0 fully saturated rings. The Morgan fingerprint density at radius 3 is 3.00 bits per heavy atom. The number of nitrogens with one attached hydrogen (secondary N) is 1. The van der Waals surface area contributed by atoms with Crippen LogP contribution in [0.4, 0.5) is 0 Å².